The van der Waals surface area contributed by atoms with Crippen LogP contribution in [0.1, 0.15) is 58.4 Å². The van der Waals surface area contributed by atoms with Crippen molar-refractivity contribution < 1.29 is 19.4 Å². The number of aliphatic carboxylic acids is 1. The molecule has 3 rings (SSSR count). The molecular formula is C28H37NO4. The van der Waals surface area contributed by atoms with Crippen LogP contribution in [0.4, 0.5) is 5.69 Å². The first-order valence-electron chi connectivity index (χ1n) is 12.2. The summed E-state index contributed by atoms with van der Waals surface area (Å²) in [4.78, 5) is 14.2. The van der Waals surface area contributed by atoms with Gasteiger partial charge in [-0.05, 0) is 79.6 Å². The Labute approximate surface area is 198 Å². The van der Waals surface area contributed by atoms with Crippen LogP contribution < -0.4 is 9.64 Å². The number of rotatable bonds is 11. The van der Waals surface area contributed by atoms with Crippen LogP contribution in [0.3, 0.4) is 0 Å². The Morgan fingerprint density at radius 2 is 1.79 bits per heavy atom. The first-order chi connectivity index (χ1) is 16.0. The van der Waals surface area contributed by atoms with E-state index >= 15 is 0 Å². The van der Waals surface area contributed by atoms with Crippen LogP contribution in [0.15, 0.2) is 48.0 Å². The van der Waals surface area contributed by atoms with E-state index in [9.17, 15) is 9.90 Å². The Bertz CT molecular complexity index is 935. The Morgan fingerprint density at radius 1 is 1.03 bits per heavy atom. The molecule has 0 amide bonds. The summed E-state index contributed by atoms with van der Waals surface area (Å²) in [5.74, 6) is -0.0113. The van der Waals surface area contributed by atoms with Gasteiger partial charge in [-0.1, -0.05) is 38.5 Å². The maximum atomic E-state index is 11.8. The number of nitrogens with zero attached hydrogens (tertiary/aromatic N) is 1. The summed E-state index contributed by atoms with van der Waals surface area (Å²) >= 11 is 0. The number of carboxylic acid groups (broad SMARTS) is 1. The van der Waals surface area contributed by atoms with Crippen molar-refractivity contribution in [1.82, 2.24) is 0 Å². The first kappa shape index (κ1) is 24.8. The third-order valence-corrected chi connectivity index (χ3v) is 6.10. The van der Waals surface area contributed by atoms with Crippen LogP contribution in [0, 0.1) is 0 Å². The van der Waals surface area contributed by atoms with Crippen LogP contribution in [-0.2, 0) is 9.53 Å². The second-order valence-electron chi connectivity index (χ2n) is 8.67. The highest BCUT2D eigenvalue weighted by molar-refractivity contribution is 5.94. The molecule has 0 radical (unpaired) electrons. The normalized spacial score (nSPS) is 15.9. The largest absolute Gasteiger partial charge is 0.491 e. The van der Waals surface area contributed by atoms with E-state index in [1.165, 1.54) is 0 Å². The number of hydrogen-bond acceptors (Lipinski definition) is 4. The molecule has 33 heavy (non-hydrogen) atoms. The number of ether oxygens (including phenoxy) is 2. The fourth-order valence-corrected chi connectivity index (χ4v) is 4.19. The average Bonchev–Trinajstić information content (AvgIpc) is 2.81. The molecule has 5 nitrogen and oxygen atoms in total. The van der Waals surface area contributed by atoms with E-state index in [1.807, 2.05) is 30.3 Å². The van der Waals surface area contributed by atoms with E-state index < -0.39 is 5.97 Å². The van der Waals surface area contributed by atoms with Gasteiger partial charge in [0.1, 0.15) is 12.4 Å². The molecule has 1 unspecified atom stereocenters. The standard InChI is InChI=1S/C28H37NO4/c1-4-6-16-32-17-18-33-26-12-9-22(10-13-26)23-11-14-27-25(19-23)20-24(28(30)31)8-7-21(3)29(27)15-5-2/h9-14,19-21H,4-8,15-18H2,1-3H3,(H,30,31). The number of carboxylic acids is 1. The number of hydrogen-bond donors (Lipinski definition) is 1. The lowest BCUT2D eigenvalue weighted by Gasteiger charge is -2.34. The van der Waals surface area contributed by atoms with Gasteiger partial charge in [0.2, 0.25) is 0 Å². The number of anilines is 1. The summed E-state index contributed by atoms with van der Waals surface area (Å²) in [6.07, 6.45) is 6.53. The smallest absolute Gasteiger partial charge is 0.331 e. The van der Waals surface area contributed by atoms with Gasteiger partial charge in [-0.25, -0.2) is 4.79 Å². The van der Waals surface area contributed by atoms with E-state index in [-0.39, 0.29) is 0 Å². The van der Waals surface area contributed by atoms with Crippen molar-refractivity contribution in [3.8, 4) is 16.9 Å². The molecular weight excluding hydrogens is 414 g/mol. The molecule has 5 heteroatoms. The average molecular weight is 452 g/mol. The fourth-order valence-electron chi connectivity index (χ4n) is 4.19. The topological polar surface area (TPSA) is 59.0 Å². The van der Waals surface area contributed by atoms with Crippen LogP contribution in [0.25, 0.3) is 17.2 Å². The van der Waals surface area contributed by atoms with Crippen molar-refractivity contribution in [1.29, 1.82) is 0 Å². The molecule has 2 aromatic carbocycles. The Balaban J connectivity index is 1.79. The molecule has 1 aliphatic rings. The SMILES string of the molecule is CCCCOCCOc1ccc(-c2ccc3c(c2)C=C(C(=O)O)CCC(C)N3CCC)cc1. The molecule has 0 spiro atoms. The summed E-state index contributed by atoms with van der Waals surface area (Å²) in [6.45, 7) is 9.38. The summed E-state index contributed by atoms with van der Waals surface area (Å²) in [7, 11) is 0. The van der Waals surface area contributed by atoms with Gasteiger partial charge in [0.15, 0.2) is 0 Å². The third-order valence-electron chi connectivity index (χ3n) is 6.10. The van der Waals surface area contributed by atoms with E-state index in [1.54, 1.807) is 0 Å². The van der Waals surface area contributed by atoms with Gasteiger partial charge in [-0.15, -0.1) is 0 Å². The maximum absolute atomic E-state index is 11.8. The molecule has 0 saturated heterocycles. The van der Waals surface area contributed by atoms with Gasteiger partial charge in [-0.3, -0.25) is 0 Å². The summed E-state index contributed by atoms with van der Waals surface area (Å²) in [5, 5.41) is 9.68. The predicted octanol–water partition coefficient (Wildman–Crippen LogP) is 6.42. The maximum Gasteiger partial charge on any atom is 0.331 e. The Kier molecular flexibility index (Phi) is 9.37. The molecule has 1 N–H and O–H groups in total. The molecule has 0 saturated carbocycles. The third kappa shape index (κ3) is 6.84. The van der Waals surface area contributed by atoms with Crippen molar-refractivity contribution in [3.63, 3.8) is 0 Å². The quantitative estimate of drug-likeness (QED) is 0.400. The summed E-state index contributed by atoms with van der Waals surface area (Å²) in [5.41, 5.74) is 4.69. The number of unbranched alkanes of at least 4 members (excludes halogenated alkanes) is 1. The highest BCUT2D eigenvalue weighted by Gasteiger charge is 2.22. The minimum Gasteiger partial charge on any atom is -0.491 e. The zero-order valence-electron chi connectivity index (χ0n) is 20.2. The molecule has 178 valence electrons. The van der Waals surface area contributed by atoms with Gasteiger partial charge < -0.3 is 19.5 Å². The number of fused-ring (bicyclic) bond motifs is 1. The fraction of sp³-hybridized carbons (Fsp3) is 0.464. The predicted molar refractivity (Wildman–Crippen MR) is 135 cm³/mol. The molecule has 0 aromatic heterocycles. The minimum atomic E-state index is -0.831. The van der Waals surface area contributed by atoms with Crippen LogP contribution in [0.5, 0.6) is 5.75 Å². The second kappa shape index (κ2) is 12.4. The van der Waals surface area contributed by atoms with E-state index in [0.29, 0.717) is 31.2 Å². The van der Waals surface area contributed by atoms with Crippen molar-refractivity contribution in [2.45, 2.75) is 58.9 Å². The molecule has 0 fully saturated rings. The summed E-state index contributed by atoms with van der Waals surface area (Å²) in [6, 6.07) is 14.7. The monoisotopic (exact) mass is 451 g/mol. The first-order valence-corrected chi connectivity index (χ1v) is 12.2. The zero-order valence-corrected chi connectivity index (χ0v) is 20.2. The van der Waals surface area contributed by atoms with Gasteiger partial charge in [-0.2, -0.15) is 0 Å². The molecule has 1 heterocycles. The Morgan fingerprint density at radius 3 is 2.48 bits per heavy atom. The molecule has 0 aliphatic carbocycles. The van der Waals surface area contributed by atoms with Gasteiger partial charge >= 0.3 is 5.97 Å². The van der Waals surface area contributed by atoms with Crippen molar-refractivity contribution in [3.05, 3.63) is 53.6 Å². The molecule has 1 atom stereocenters. The van der Waals surface area contributed by atoms with Crippen molar-refractivity contribution in [2.75, 3.05) is 31.3 Å². The van der Waals surface area contributed by atoms with Crippen LogP contribution in [0.2, 0.25) is 0 Å². The highest BCUT2D eigenvalue weighted by Crippen LogP contribution is 2.34. The number of benzene rings is 2. The molecule has 0 bridgehead atoms. The molecule has 2 aromatic rings. The lowest BCUT2D eigenvalue weighted by molar-refractivity contribution is -0.132. The van der Waals surface area contributed by atoms with Crippen LogP contribution in [-0.4, -0.2) is 43.5 Å². The van der Waals surface area contributed by atoms with Gasteiger partial charge in [0.05, 0.1) is 6.61 Å². The van der Waals surface area contributed by atoms with Gasteiger partial charge in [0, 0.05) is 30.5 Å². The lowest BCUT2D eigenvalue weighted by atomic mass is 9.94. The van der Waals surface area contributed by atoms with Crippen molar-refractivity contribution >= 4 is 17.7 Å². The van der Waals surface area contributed by atoms with E-state index in [2.05, 4.69) is 43.9 Å². The minimum absolute atomic E-state index is 0.292. The summed E-state index contributed by atoms with van der Waals surface area (Å²) < 4.78 is 11.3. The van der Waals surface area contributed by atoms with Crippen molar-refractivity contribution in [2.24, 2.45) is 0 Å². The van der Waals surface area contributed by atoms with E-state index in [4.69, 9.17) is 9.47 Å². The lowest BCUT2D eigenvalue weighted by Crippen LogP contribution is -2.35. The van der Waals surface area contributed by atoms with Gasteiger partial charge in [0.25, 0.3) is 0 Å². The van der Waals surface area contributed by atoms with Crippen LogP contribution >= 0.6 is 0 Å². The van der Waals surface area contributed by atoms with E-state index in [0.717, 1.165) is 67.0 Å². The zero-order chi connectivity index (χ0) is 23.6. The second-order valence-corrected chi connectivity index (χ2v) is 8.67. The Hall–Kier alpha value is -2.79. The number of carbonyl (C=O) groups is 1. The molecule has 1 aliphatic heterocycles. The highest BCUT2D eigenvalue weighted by atomic mass is 16.5.